The van der Waals surface area contributed by atoms with Crippen molar-refractivity contribution in [2.45, 2.75) is 65.2 Å². The predicted octanol–water partition coefficient (Wildman–Crippen LogP) is 5.27. The van der Waals surface area contributed by atoms with Crippen LogP contribution in [-0.2, 0) is 0 Å². The van der Waals surface area contributed by atoms with Crippen LogP contribution in [0.4, 0.5) is 0 Å². The van der Waals surface area contributed by atoms with E-state index in [4.69, 9.17) is 13.0 Å². The first kappa shape index (κ1) is 11.1. The first-order chi connectivity index (χ1) is 6.72. The summed E-state index contributed by atoms with van der Waals surface area (Å²) in [5, 5.41) is 0. The van der Waals surface area contributed by atoms with Gasteiger partial charge in [-0.15, -0.1) is 0 Å². The minimum atomic E-state index is 0.289. The van der Waals surface area contributed by atoms with Gasteiger partial charge in [-0.2, -0.15) is 0 Å². The van der Waals surface area contributed by atoms with E-state index in [9.17, 15) is 0 Å². The highest BCUT2D eigenvalue weighted by Gasteiger charge is 1.96. The standard InChI is InChI=1S/C12H23Cl/c1-3-5-7-9-12(11-13)10-8-6-4-2/h11H,3-10H2,1-2H3/i11D. The van der Waals surface area contributed by atoms with E-state index < -0.39 is 0 Å². The molecule has 0 aliphatic carbocycles. The van der Waals surface area contributed by atoms with Crippen molar-refractivity contribution in [3.63, 3.8) is 0 Å². The summed E-state index contributed by atoms with van der Waals surface area (Å²) in [5.41, 5.74) is 1.45. The summed E-state index contributed by atoms with van der Waals surface area (Å²) in [6.45, 7) is 4.39. The molecule has 0 fully saturated rings. The Morgan fingerprint density at radius 1 is 1.08 bits per heavy atom. The Labute approximate surface area is 89.8 Å². The third-order valence-electron chi connectivity index (χ3n) is 2.30. The Morgan fingerprint density at radius 3 is 1.85 bits per heavy atom. The van der Waals surface area contributed by atoms with E-state index in [1.54, 1.807) is 0 Å². The van der Waals surface area contributed by atoms with Gasteiger partial charge in [0.2, 0.25) is 0 Å². The van der Waals surface area contributed by atoms with E-state index in [0.717, 1.165) is 18.4 Å². The van der Waals surface area contributed by atoms with Crippen LogP contribution in [0.3, 0.4) is 0 Å². The number of allylic oxidation sites excluding steroid dienone is 1. The molecule has 0 aromatic carbocycles. The number of unbranched alkanes of at least 4 members (excludes halogenated alkanes) is 4. The molecule has 0 aromatic heterocycles. The lowest BCUT2D eigenvalue weighted by molar-refractivity contribution is 0.660. The molecule has 0 saturated carbocycles. The van der Waals surface area contributed by atoms with Crippen molar-refractivity contribution in [3.05, 3.63) is 11.1 Å². The van der Waals surface area contributed by atoms with Crippen LogP contribution in [0.25, 0.3) is 0 Å². The van der Waals surface area contributed by atoms with Gasteiger partial charge in [0.1, 0.15) is 0 Å². The normalized spacial score (nSPS) is 11.2. The molecule has 0 nitrogen and oxygen atoms in total. The number of hydrogen-bond acceptors (Lipinski definition) is 0. The fourth-order valence-corrected chi connectivity index (χ4v) is 1.59. The highest BCUT2D eigenvalue weighted by Crippen LogP contribution is 2.17. The van der Waals surface area contributed by atoms with Crippen molar-refractivity contribution >= 4 is 11.6 Å². The Morgan fingerprint density at radius 2 is 1.54 bits per heavy atom. The van der Waals surface area contributed by atoms with Crippen molar-refractivity contribution in [2.75, 3.05) is 0 Å². The molecule has 0 aliphatic rings. The lowest BCUT2D eigenvalue weighted by Gasteiger charge is -2.04. The van der Waals surface area contributed by atoms with Gasteiger partial charge in [0.05, 0.1) is 1.37 Å². The van der Waals surface area contributed by atoms with E-state index in [-0.39, 0.29) is 5.51 Å². The molecular formula is C12H23Cl. The highest BCUT2D eigenvalue weighted by molar-refractivity contribution is 6.25. The summed E-state index contributed by atoms with van der Waals surface area (Å²) in [4.78, 5) is 0. The first-order valence-electron chi connectivity index (χ1n) is 6.06. The van der Waals surface area contributed by atoms with Crippen LogP contribution >= 0.6 is 11.6 Å². The highest BCUT2D eigenvalue weighted by atomic mass is 35.5. The summed E-state index contributed by atoms with van der Waals surface area (Å²) in [6, 6.07) is 0. The maximum Gasteiger partial charge on any atom is 0.0754 e. The molecule has 0 N–H and O–H groups in total. The monoisotopic (exact) mass is 203 g/mol. The fraction of sp³-hybridized carbons (Fsp3) is 0.833. The van der Waals surface area contributed by atoms with Gasteiger partial charge in [-0.1, -0.05) is 56.7 Å². The number of hydrogen-bond donors (Lipinski definition) is 0. The first-order valence-corrected chi connectivity index (χ1v) is 5.94. The minimum absolute atomic E-state index is 0.289. The van der Waals surface area contributed by atoms with Gasteiger partial charge in [0.25, 0.3) is 0 Å². The van der Waals surface area contributed by atoms with Gasteiger partial charge in [-0.05, 0) is 25.7 Å². The quantitative estimate of drug-likeness (QED) is 0.472. The lowest BCUT2D eigenvalue weighted by atomic mass is 10.0. The minimum Gasteiger partial charge on any atom is -0.0930 e. The molecular weight excluding hydrogens is 180 g/mol. The van der Waals surface area contributed by atoms with Gasteiger partial charge in [-0.3, -0.25) is 0 Å². The van der Waals surface area contributed by atoms with E-state index in [2.05, 4.69) is 13.8 Å². The van der Waals surface area contributed by atoms with E-state index in [1.165, 1.54) is 38.5 Å². The van der Waals surface area contributed by atoms with E-state index >= 15 is 0 Å². The molecule has 0 heterocycles. The SMILES string of the molecule is [2H]C(Cl)=C(CCCCC)CCCCC. The molecule has 1 heteroatoms. The van der Waals surface area contributed by atoms with Crippen LogP contribution < -0.4 is 0 Å². The van der Waals surface area contributed by atoms with Crippen molar-refractivity contribution in [3.8, 4) is 0 Å². The van der Waals surface area contributed by atoms with Crippen LogP contribution in [0.1, 0.15) is 66.6 Å². The lowest BCUT2D eigenvalue weighted by Crippen LogP contribution is -1.85. The molecule has 0 bridgehead atoms. The fourth-order valence-electron chi connectivity index (χ4n) is 1.40. The van der Waals surface area contributed by atoms with Gasteiger partial charge in [-0.25, -0.2) is 0 Å². The second-order valence-corrected chi connectivity index (χ2v) is 3.80. The van der Waals surface area contributed by atoms with E-state index in [1.807, 2.05) is 0 Å². The molecule has 13 heavy (non-hydrogen) atoms. The maximum atomic E-state index is 7.45. The molecule has 0 amide bonds. The zero-order valence-electron chi connectivity index (χ0n) is 10.0. The van der Waals surface area contributed by atoms with Gasteiger partial charge < -0.3 is 0 Å². The third kappa shape index (κ3) is 8.36. The molecule has 0 radical (unpaired) electrons. The van der Waals surface area contributed by atoms with Crippen LogP contribution in [-0.4, -0.2) is 0 Å². The molecule has 0 aromatic rings. The van der Waals surface area contributed by atoms with Crippen LogP contribution in [0.2, 0.25) is 0 Å². The second kappa shape index (κ2) is 10.1. The van der Waals surface area contributed by atoms with Gasteiger partial charge in [0.15, 0.2) is 0 Å². The van der Waals surface area contributed by atoms with Gasteiger partial charge in [0, 0.05) is 5.51 Å². The van der Waals surface area contributed by atoms with Crippen LogP contribution in [0, 0.1) is 0 Å². The molecule has 0 spiro atoms. The van der Waals surface area contributed by atoms with Crippen LogP contribution in [0.5, 0.6) is 0 Å². The predicted molar refractivity (Wildman–Crippen MR) is 62.2 cm³/mol. The molecule has 0 atom stereocenters. The molecule has 0 saturated heterocycles. The molecule has 0 rings (SSSR count). The smallest absolute Gasteiger partial charge is 0.0754 e. The van der Waals surface area contributed by atoms with Crippen molar-refractivity contribution in [1.82, 2.24) is 0 Å². The zero-order chi connectivity index (χ0) is 10.8. The average molecular weight is 204 g/mol. The Bertz CT molecular complexity index is 148. The topological polar surface area (TPSA) is 0 Å². The summed E-state index contributed by atoms with van der Waals surface area (Å²) in [5.74, 6) is 0. The molecule has 0 aliphatic heterocycles. The summed E-state index contributed by atoms with van der Waals surface area (Å²) < 4.78 is 7.45. The van der Waals surface area contributed by atoms with E-state index in [0.29, 0.717) is 0 Å². The Balaban J connectivity index is 3.75. The average Bonchev–Trinajstić information content (AvgIpc) is 2.15. The maximum absolute atomic E-state index is 7.45. The Hall–Kier alpha value is 0.0300. The van der Waals surface area contributed by atoms with Crippen molar-refractivity contribution in [2.24, 2.45) is 0 Å². The van der Waals surface area contributed by atoms with Crippen LogP contribution in [0.15, 0.2) is 11.1 Å². The van der Waals surface area contributed by atoms with Gasteiger partial charge >= 0.3 is 0 Å². The molecule has 78 valence electrons. The molecule has 0 unspecified atom stereocenters. The summed E-state index contributed by atoms with van der Waals surface area (Å²) >= 11 is 5.75. The third-order valence-corrected chi connectivity index (χ3v) is 2.57. The number of rotatable bonds is 8. The summed E-state index contributed by atoms with van der Waals surface area (Å²) in [6.07, 6.45) is 9.40. The van der Waals surface area contributed by atoms with Crippen molar-refractivity contribution < 1.29 is 1.37 Å². The Kier molecular flexibility index (Phi) is 8.64. The number of halogens is 1. The largest absolute Gasteiger partial charge is 0.0930 e. The van der Waals surface area contributed by atoms with Crippen molar-refractivity contribution in [1.29, 1.82) is 0 Å². The second-order valence-electron chi connectivity index (χ2n) is 3.61. The zero-order valence-corrected chi connectivity index (χ0v) is 9.79. The summed E-state index contributed by atoms with van der Waals surface area (Å²) in [7, 11) is 0.